The number of methoxy groups -OCH3 is 1. The fourth-order valence-corrected chi connectivity index (χ4v) is 3.69. The fraction of sp³-hybridized carbons (Fsp3) is 0.115. The average molecular weight is 457 g/mol. The Balaban J connectivity index is 1.39. The van der Waals surface area contributed by atoms with Gasteiger partial charge in [-0.05, 0) is 60.7 Å². The van der Waals surface area contributed by atoms with Crippen LogP contribution in [-0.4, -0.2) is 34.4 Å². The van der Waals surface area contributed by atoms with E-state index in [4.69, 9.17) is 19.0 Å². The van der Waals surface area contributed by atoms with Crippen LogP contribution < -0.4 is 4.74 Å². The molecule has 0 atom stereocenters. The number of nitrogens with zero attached hydrogens (tertiary/aromatic N) is 3. The molecular formula is C26H20FN3O4. The highest BCUT2D eigenvalue weighted by atomic mass is 19.1. The molecule has 0 saturated carbocycles. The lowest BCUT2D eigenvalue weighted by Gasteiger charge is -2.10. The van der Waals surface area contributed by atoms with Gasteiger partial charge in [-0.1, -0.05) is 17.3 Å². The second-order valence-electron chi connectivity index (χ2n) is 7.52. The van der Waals surface area contributed by atoms with Crippen molar-refractivity contribution >= 4 is 17.0 Å². The molecule has 0 aliphatic rings. The molecule has 0 aliphatic heterocycles. The summed E-state index contributed by atoms with van der Waals surface area (Å²) < 4.78 is 31.4. The third-order valence-electron chi connectivity index (χ3n) is 5.38. The standard InChI is InChI=1S/C26H20FN3O4/c1-32-26(31)18-8-12-20(13-9-18)33-15-14-30-23-5-3-2-4-21(23)28-25(30)22-16-24(34-29-22)17-6-10-19(27)11-7-17/h2-13,16H,14-15H2,1H3. The summed E-state index contributed by atoms with van der Waals surface area (Å²) in [4.78, 5) is 16.3. The van der Waals surface area contributed by atoms with Crippen molar-refractivity contribution in [2.45, 2.75) is 6.54 Å². The summed E-state index contributed by atoms with van der Waals surface area (Å²) in [6.45, 7) is 0.876. The molecule has 170 valence electrons. The van der Waals surface area contributed by atoms with Crippen molar-refractivity contribution in [1.82, 2.24) is 14.7 Å². The summed E-state index contributed by atoms with van der Waals surface area (Å²) in [5.74, 6) is 1.09. The van der Waals surface area contributed by atoms with E-state index < -0.39 is 5.97 Å². The van der Waals surface area contributed by atoms with Crippen LogP contribution in [0.5, 0.6) is 5.75 Å². The lowest BCUT2D eigenvalue weighted by atomic mass is 10.1. The van der Waals surface area contributed by atoms with Crippen molar-refractivity contribution in [3.8, 4) is 28.6 Å². The SMILES string of the molecule is COC(=O)c1ccc(OCCn2c(-c3cc(-c4ccc(F)cc4)on3)nc3ccccc32)cc1. The molecule has 0 radical (unpaired) electrons. The molecule has 2 heterocycles. The van der Waals surface area contributed by atoms with E-state index in [-0.39, 0.29) is 5.82 Å². The number of benzene rings is 3. The van der Waals surface area contributed by atoms with Crippen LogP contribution >= 0.6 is 0 Å². The summed E-state index contributed by atoms with van der Waals surface area (Å²) in [6, 6.07) is 22.4. The lowest BCUT2D eigenvalue weighted by Crippen LogP contribution is -2.10. The first kappa shape index (κ1) is 21.4. The second-order valence-corrected chi connectivity index (χ2v) is 7.52. The Morgan fingerprint density at radius 3 is 2.56 bits per heavy atom. The number of hydrogen-bond donors (Lipinski definition) is 0. The van der Waals surface area contributed by atoms with Crippen molar-refractivity contribution in [3.05, 3.63) is 90.2 Å². The zero-order valence-corrected chi connectivity index (χ0v) is 18.3. The van der Waals surface area contributed by atoms with Gasteiger partial charge in [-0.2, -0.15) is 0 Å². The number of rotatable bonds is 7. The minimum Gasteiger partial charge on any atom is -0.492 e. The van der Waals surface area contributed by atoms with Gasteiger partial charge in [-0.15, -0.1) is 0 Å². The Kier molecular flexibility index (Phi) is 5.78. The van der Waals surface area contributed by atoms with E-state index in [9.17, 15) is 9.18 Å². The summed E-state index contributed by atoms with van der Waals surface area (Å²) in [5, 5.41) is 4.20. The maximum Gasteiger partial charge on any atom is 0.337 e. The monoisotopic (exact) mass is 457 g/mol. The van der Waals surface area contributed by atoms with Gasteiger partial charge >= 0.3 is 5.97 Å². The first-order valence-electron chi connectivity index (χ1n) is 10.6. The van der Waals surface area contributed by atoms with E-state index in [1.807, 2.05) is 28.8 Å². The molecule has 0 bridgehead atoms. The number of esters is 1. The lowest BCUT2D eigenvalue weighted by molar-refractivity contribution is 0.0600. The predicted octanol–water partition coefficient (Wildman–Crippen LogP) is 5.36. The van der Waals surface area contributed by atoms with Crippen molar-refractivity contribution in [2.24, 2.45) is 0 Å². The normalized spacial score (nSPS) is 11.0. The van der Waals surface area contributed by atoms with Gasteiger partial charge in [0, 0.05) is 11.6 Å². The number of ether oxygens (including phenoxy) is 2. The zero-order chi connectivity index (χ0) is 23.5. The molecule has 0 spiro atoms. The summed E-state index contributed by atoms with van der Waals surface area (Å²) >= 11 is 0. The van der Waals surface area contributed by atoms with Crippen LogP contribution in [0.2, 0.25) is 0 Å². The van der Waals surface area contributed by atoms with Crippen LogP contribution in [0, 0.1) is 5.82 Å². The summed E-state index contributed by atoms with van der Waals surface area (Å²) in [6.07, 6.45) is 0. The highest BCUT2D eigenvalue weighted by Crippen LogP contribution is 2.28. The van der Waals surface area contributed by atoms with Crippen LogP contribution in [0.4, 0.5) is 4.39 Å². The Morgan fingerprint density at radius 1 is 1.03 bits per heavy atom. The molecule has 5 aromatic rings. The Morgan fingerprint density at radius 2 is 1.79 bits per heavy atom. The second kappa shape index (κ2) is 9.19. The number of aromatic nitrogens is 3. The molecule has 7 nitrogen and oxygen atoms in total. The van der Waals surface area contributed by atoms with Gasteiger partial charge in [0.05, 0.1) is 30.3 Å². The molecule has 2 aromatic heterocycles. The van der Waals surface area contributed by atoms with Gasteiger partial charge in [0.2, 0.25) is 0 Å². The van der Waals surface area contributed by atoms with Crippen LogP contribution in [0.25, 0.3) is 33.9 Å². The Hall–Kier alpha value is -4.46. The van der Waals surface area contributed by atoms with Crippen molar-refractivity contribution in [3.63, 3.8) is 0 Å². The minimum atomic E-state index is -0.395. The Labute approximate surface area is 194 Å². The van der Waals surface area contributed by atoms with Gasteiger partial charge in [-0.25, -0.2) is 14.2 Å². The van der Waals surface area contributed by atoms with Crippen molar-refractivity contribution in [1.29, 1.82) is 0 Å². The summed E-state index contributed by atoms with van der Waals surface area (Å²) in [5.41, 5.74) is 3.51. The maximum absolute atomic E-state index is 13.3. The third kappa shape index (κ3) is 4.25. The first-order valence-corrected chi connectivity index (χ1v) is 10.6. The van der Waals surface area contributed by atoms with Crippen LogP contribution in [0.1, 0.15) is 10.4 Å². The largest absolute Gasteiger partial charge is 0.492 e. The molecule has 0 fully saturated rings. The average Bonchev–Trinajstić information content (AvgIpc) is 3.50. The fourth-order valence-electron chi connectivity index (χ4n) is 3.69. The summed E-state index contributed by atoms with van der Waals surface area (Å²) in [7, 11) is 1.34. The van der Waals surface area contributed by atoms with Gasteiger partial charge in [0.1, 0.15) is 23.9 Å². The number of carbonyl (C=O) groups excluding carboxylic acids is 1. The van der Waals surface area contributed by atoms with Crippen molar-refractivity contribution < 1.29 is 23.2 Å². The smallest absolute Gasteiger partial charge is 0.337 e. The van der Waals surface area contributed by atoms with Crippen LogP contribution in [0.3, 0.4) is 0 Å². The molecule has 0 saturated heterocycles. The zero-order valence-electron chi connectivity index (χ0n) is 18.3. The molecule has 5 rings (SSSR count). The van der Waals surface area contributed by atoms with Crippen molar-refractivity contribution in [2.75, 3.05) is 13.7 Å². The topological polar surface area (TPSA) is 79.4 Å². The number of carbonyl (C=O) groups is 1. The van der Waals surface area contributed by atoms with E-state index in [0.29, 0.717) is 41.7 Å². The van der Waals surface area contributed by atoms with E-state index in [2.05, 4.69) is 5.16 Å². The number of fused-ring (bicyclic) bond motifs is 1. The van der Waals surface area contributed by atoms with E-state index in [0.717, 1.165) is 16.6 Å². The Bertz CT molecular complexity index is 1440. The number of hydrogen-bond acceptors (Lipinski definition) is 6. The predicted molar refractivity (Wildman–Crippen MR) is 124 cm³/mol. The third-order valence-corrected chi connectivity index (χ3v) is 5.38. The van der Waals surface area contributed by atoms with Gasteiger partial charge in [0.25, 0.3) is 0 Å². The van der Waals surface area contributed by atoms with E-state index in [1.54, 1.807) is 42.5 Å². The van der Waals surface area contributed by atoms with Gasteiger partial charge in [0.15, 0.2) is 11.6 Å². The van der Waals surface area contributed by atoms with Gasteiger partial charge in [-0.3, -0.25) is 0 Å². The number of para-hydroxylation sites is 2. The molecule has 0 N–H and O–H groups in total. The van der Waals surface area contributed by atoms with E-state index >= 15 is 0 Å². The maximum atomic E-state index is 13.3. The first-order chi connectivity index (χ1) is 16.6. The van der Waals surface area contributed by atoms with Gasteiger partial charge < -0.3 is 18.6 Å². The quantitative estimate of drug-likeness (QED) is 0.306. The van der Waals surface area contributed by atoms with E-state index in [1.165, 1.54) is 19.2 Å². The molecule has 0 amide bonds. The molecule has 3 aromatic carbocycles. The van der Waals surface area contributed by atoms with Crippen LogP contribution in [0.15, 0.2) is 83.4 Å². The molecule has 0 aliphatic carbocycles. The molecule has 8 heteroatoms. The van der Waals surface area contributed by atoms with Crippen LogP contribution in [-0.2, 0) is 11.3 Å². The number of imidazole rings is 1. The highest BCUT2D eigenvalue weighted by Gasteiger charge is 2.17. The minimum absolute atomic E-state index is 0.315. The molecular weight excluding hydrogens is 437 g/mol. The highest BCUT2D eigenvalue weighted by molar-refractivity contribution is 5.89. The molecule has 34 heavy (non-hydrogen) atoms. The molecule has 0 unspecified atom stereocenters. The number of halogens is 1.